The van der Waals surface area contributed by atoms with Crippen LogP contribution in [0.15, 0.2) is 12.4 Å². The Morgan fingerprint density at radius 1 is 1.28 bits per heavy atom. The van der Waals surface area contributed by atoms with Crippen LogP contribution in [0.4, 0.5) is 0 Å². The van der Waals surface area contributed by atoms with Crippen LogP contribution in [-0.4, -0.2) is 45.7 Å². The van der Waals surface area contributed by atoms with E-state index in [1.54, 1.807) is 4.68 Å². The summed E-state index contributed by atoms with van der Waals surface area (Å²) < 4.78 is 2.87. The minimum Gasteiger partial charge on any atom is -0.492 e. The fourth-order valence-corrected chi connectivity index (χ4v) is 4.30. The molecule has 0 aromatic carbocycles. The van der Waals surface area contributed by atoms with Gasteiger partial charge in [0.1, 0.15) is 5.52 Å². The van der Waals surface area contributed by atoms with E-state index in [0.29, 0.717) is 29.4 Å². The normalized spacial score (nSPS) is 19.9. The third kappa shape index (κ3) is 3.78. The number of carbonyl (C=O) groups is 1. The van der Waals surface area contributed by atoms with Crippen LogP contribution in [0.25, 0.3) is 17.0 Å². The molecule has 3 aromatic heterocycles. The quantitative estimate of drug-likeness (QED) is 0.650. The second kappa shape index (κ2) is 7.62. The Hall–Kier alpha value is -2.68. The fourth-order valence-electron chi connectivity index (χ4n) is 4.08. The SMILES string of the molecule is CC(C)[C@H]1CC[C@H](Cn2nc(Cl)c3nc(-n4cc(C(=O)O)cn4)nc(O)c32)CC1. The lowest BCUT2D eigenvalue weighted by molar-refractivity contribution is 0.0697. The monoisotopic (exact) mass is 418 g/mol. The van der Waals surface area contributed by atoms with E-state index in [2.05, 4.69) is 34.0 Å². The van der Waals surface area contributed by atoms with Crippen LogP contribution in [0.3, 0.4) is 0 Å². The van der Waals surface area contributed by atoms with Gasteiger partial charge in [-0.2, -0.15) is 15.2 Å². The zero-order chi connectivity index (χ0) is 20.7. The molecule has 154 valence electrons. The number of fused-ring (bicyclic) bond motifs is 1. The van der Waals surface area contributed by atoms with Crippen molar-refractivity contribution in [2.45, 2.75) is 46.1 Å². The van der Waals surface area contributed by atoms with Crippen molar-refractivity contribution in [3.8, 4) is 11.8 Å². The lowest BCUT2D eigenvalue weighted by atomic mass is 9.77. The molecule has 9 nitrogen and oxygen atoms in total. The smallest absolute Gasteiger partial charge is 0.338 e. The number of rotatable bonds is 5. The molecule has 0 aliphatic heterocycles. The first-order chi connectivity index (χ1) is 13.8. The van der Waals surface area contributed by atoms with Gasteiger partial charge in [-0.25, -0.2) is 14.5 Å². The van der Waals surface area contributed by atoms with Crippen LogP contribution in [0, 0.1) is 17.8 Å². The van der Waals surface area contributed by atoms with Gasteiger partial charge >= 0.3 is 5.97 Å². The van der Waals surface area contributed by atoms with Gasteiger partial charge < -0.3 is 10.2 Å². The summed E-state index contributed by atoms with van der Waals surface area (Å²) in [6, 6.07) is 0. The molecule has 0 spiro atoms. The average Bonchev–Trinajstić information content (AvgIpc) is 3.28. The number of halogens is 1. The van der Waals surface area contributed by atoms with Crippen LogP contribution in [0.1, 0.15) is 49.9 Å². The summed E-state index contributed by atoms with van der Waals surface area (Å²) in [5.74, 6) is 0.602. The molecule has 10 heteroatoms. The molecule has 0 unspecified atom stereocenters. The Labute approximate surface area is 172 Å². The first-order valence-corrected chi connectivity index (χ1v) is 10.1. The summed E-state index contributed by atoms with van der Waals surface area (Å²) >= 11 is 6.29. The van der Waals surface area contributed by atoms with E-state index in [0.717, 1.165) is 18.8 Å². The zero-order valence-electron chi connectivity index (χ0n) is 16.3. The Kier molecular flexibility index (Phi) is 5.16. The van der Waals surface area contributed by atoms with Crippen molar-refractivity contribution < 1.29 is 15.0 Å². The Bertz CT molecular complexity index is 1050. The molecule has 1 saturated carbocycles. The largest absolute Gasteiger partial charge is 0.492 e. The van der Waals surface area contributed by atoms with Crippen molar-refractivity contribution in [1.82, 2.24) is 29.5 Å². The maximum absolute atomic E-state index is 11.1. The van der Waals surface area contributed by atoms with Crippen LogP contribution < -0.4 is 0 Å². The predicted octanol–water partition coefficient (Wildman–Crippen LogP) is 3.53. The molecule has 2 N–H and O–H groups in total. The molecule has 0 atom stereocenters. The molecule has 29 heavy (non-hydrogen) atoms. The highest BCUT2D eigenvalue weighted by Gasteiger charge is 2.26. The van der Waals surface area contributed by atoms with Crippen LogP contribution in [0.5, 0.6) is 5.88 Å². The summed E-state index contributed by atoms with van der Waals surface area (Å²) in [7, 11) is 0. The lowest BCUT2D eigenvalue weighted by Crippen LogP contribution is -2.22. The van der Waals surface area contributed by atoms with Crippen LogP contribution >= 0.6 is 11.6 Å². The fraction of sp³-hybridized carbons (Fsp3) is 0.526. The van der Waals surface area contributed by atoms with Gasteiger partial charge in [-0.15, -0.1) is 0 Å². The van der Waals surface area contributed by atoms with Crippen molar-refractivity contribution in [3.05, 3.63) is 23.1 Å². The van der Waals surface area contributed by atoms with Crippen molar-refractivity contribution in [2.75, 3.05) is 0 Å². The number of carboxylic acid groups (broad SMARTS) is 1. The first kappa shape index (κ1) is 19.6. The minimum absolute atomic E-state index is 0.00743. The third-order valence-electron chi connectivity index (χ3n) is 5.82. The number of carboxylic acids is 1. The number of aromatic hydroxyl groups is 1. The van der Waals surface area contributed by atoms with Crippen molar-refractivity contribution >= 4 is 28.6 Å². The number of aromatic nitrogens is 6. The van der Waals surface area contributed by atoms with Gasteiger partial charge in [-0.3, -0.25) is 4.68 Å². The van der Waals surface area contributed by atoms with Gasteiger partial charge in [0, 0.05) is 12.7 Å². The number of aromatic carboxylic acids is 1. The van der Waals surface area contributed by atoms with E-state index in [1.807, 2.05) is 0 Å². The van der Waals surface area contributed by atoms with Gasteiger partial charge in [0.25, 0.3) is 5.95 Å². The molecular formula is C19H23ClN6O3. The number of hydrogen-bond donors (Lipinski definition) is 2. The minimum atomic E-state index is -1.11. The van der Waals surface area contributed by atoms with Gasteiger partial charge in [0.2, 0.25) is 5.88 Å². The first-order valence-electron chi connectivity index (χ1n) is 9.74. The Morgan fingerprint density at radius 2 is 2.00 bits per heavy atom. The summed E-state index contributed by atoms with van der Waals surface area (Å²) in [5, 5.41) is 28.0. The summed E-state index contributed by atoms with van der Waals surface area (Å²) in [5.41, 5.74) is 0.694. The highest BCUT2D eigenvalue weighted by atomic mass is 35.5. The van der Waals surface area contributed by atoms with E-state index in [9.17, 15) is 9.90 Å². The summed E-state index contributed by atoms with van der Waals surface area (Å²) in [6.45, 7) is 5.20. The van der Waals surface area contributed by atoms with E-state index < -0.39 is 5.97 Å². The molecule has 0 amide bonds. The molecule has 0 radical (unpaired) electrons. The molecule has 0 bridgehead atoms. The van der Waals surface area contributed by atoms with Crippen molar-refractivity contribution in [1.29, 1.82) is 0 Å². The van der Waals surface area contributed by atoms with E-state index in [-0.39, 0.29) is 22.5 Å². The molecule has 3 aromatic rings. The average molecular weight is 419 g/mol. The summed E-state index contributed by atoms with van der Waals surface area (Å²) in [6.07, 6.45) is 7.10. The second-order valence-corrected chi connectivity index (χ2v) is 8.38. The third-order valence-corrected chi connectivity index (χ3v) is 6.07. The molecule has 1 fully saturated rings. The van der Waals surface area contributed by atoms with Crippen molar-refractivity contribution in [2.24, 2.45) is 17.8 Å². The van der Waals surface area contributed by atoms with E-state index in [1.165, 1.54) is 29.9 Å². The van der Waals surface area contributed by atoms with Gasteiger partial charge in [-0.1, -0.05) is 25.4 Å². The van der Waals surface area contributed by atoms with Gasteiger partial charge in [0.15, 0.2) is 10.7 Å². The van der Waals surface area contributed by atoms with E-state index in [4.69, 9.17) is 16.7 Å². The highest BCUT2D eigenvalue weighted by molar-refractivity contribution is 6.33. The standard InChI is InChI=1S/C19H23ClN6O3/c1-10(2)12-5-3-11(4-6-12)8-25-15-14(16(20)24-25)22-19(23-17(15)27)26-9-13(7-21-26)18(28)29/h7,9-12H,3-6,8H2,1-2H3,(H,28,29)(H,22,23,27)/t11-,12-. The predicted molar refractivity (Wildman–Crippen MR) is 106 cm³/mol. The van der Waals surface area contributed by atoms with Crippen LogP contribution in [0.2, 0.25) is 5.15 Å². The molecule has 1 aliphatic carbocycles. The number of nitrogens with zero attached hydrogens (tertiary/aromatic N) is 6. The lowest BCUT2D eigenvalue weighted by Gasteiger charge is -2.30. The topological polar surface area (TPSA) is 119 Å². The Balaban J connectivity index is 1.61. The summed E-state index contributed by atoms with van der Waals surface area (Å²) in [4.78, 5) is 19.5. The highest BCUT2D eigenvalue weighted by Crippen LogP contribution is 2.35. The molecular weight excluding hydrogens is 396 g/mol. The molecule has 0 saturated heterocycles. The molecule has 3 heterocycles. The van der Waals surface area contributed by atoms with Crippen molar-refractivity contribution in [3.63, 3.8) is 0 Å². The van der Waals surface area contributed by atoms with Gasteiger partial charge in [0.05, 0.1) is 11.8 Å². The maximum atomic E-state index is 11.1. The number of hydrogen-bond acceptors (Lipinski definition) is 6. The second-order valence-electron chi connectivity index (χ2n) is 8.02. The zero-order valence-corrected chi connectivity index (χ0v) is 17.0. The molecule has 1 aliphatic rings. The maximum Gasteiger partial charge on any atom is 0.338 e. The van der Waals surface area contributed by atoms with E-state index >= 15 is 0 Å². The van der Waals surface area contributed by atoms with Crippen LogP contribution in [-0.2, 0) is 6.54 Å². The molecule has 4 rings (SSSR count). The Morgan fingerprint density at radius 3 is 2.62 bits per heavy atom. The van der Waals surface area contributed by atoms with Gasteiger partial charge in [-0.05, 0) is 43.4 Å².